The van der Waals surface area contributed by atoms with Crippen LogP contribution in [0.25, 0.3) is 0 Å². The van der Waals surface area contributed by atoms with Crippen molar-refractivity contribution >= 4 is 15.9 Å². The van der Waals surface area contributed by atoms with Crippen LogP contribution in [0.2, 0.25) is 0 Å². The number of benzene rings is 1. The first-order valence-corrected chi connectivity index (χ1v) is 8.21. The van der Waals surface area contributed by atoms with Crippen LogP contribution in [0.3, 0.4) is 0 Å². The van der Waals surface area contributed by atoms with Crippen molar-refractivity contribution in [2.75, 3.05) is 33.8 Å². The first-order chi connectivity index (χ1) is 9.60. The quantitative estimate of drug-likeness (QED) is 0.825. The zero-order valence-electron chi connectivity index (χ0n) is 12.7. The molecule has 112 valence electrons. The van der Waals surface area contributed by atoms with E-state index in [1.165, 1.54) is 15.6 Å². The Morgan fingerprint density at radius 1 is 1.40 bits per heavy atom. The number of ether oxygens (including phenoxy) is 1. The zero-order valence-corrected chi connectivity index (χ0v) is 14.3. The molecule has 0 fully saturated rings. The number of halogens is 1. The van der Waals surface area contributed by atoms with E-state index >= 15 is 0 Å². The Morgan fingerprint density at radius 2 is 2.20 bits per heavy atom. The van der Waals surface area contributed by atoms with Gasteiger partial charge in [-0.15, -0.1) is 0 Å². The third-order valence-corrected chi connectivity index (χ3v) is 4.17. The van der Waals surface area contributed by atoms with Crippen molar-refractivity contribution in [3.05, 3.63) is 27.7 Å². The predicted octanol–water partition coefficient (Wildman–Crippen LogP) is 2.86. The van der Waals surface area contributed by atoms with Gasteiger partial charge in [0.15, 0.2) is 0 Å². The summed E-state index contributed by atoms with van der Waals surface area (Å²) in [5, 5.41) is 3.60. The second-order valence-corrected chi connectivity index (χ2v) is 6.62. The topological polar surface area (TPSA) is 24.5 Å². The lowest BCUT2D eigenvalue weighted by molar-refractivity contribution is 0.342. The maximum Gasteiger partial charge on any atom is 0.125 e. The molecule has 1 N–H and O–H groups in total. The molecule has 0 aliphatic carbocycles. The zero-order chi connectivity index (χ0) is 14.5. The van der Waals surface area contributed by atoms with Gasteiger partial charge in [0.25, 0.3) is 0 Å². The molecular formula is C16H25BrN2O. The Labute approximate surface area is 130 Å². The lowest BCUT2D eigenvalue weighted by atomic mass is 9.99. The smallest absolute Gasteiger partial charge is 0.125 e. The fraction of sp³-hybridized carbons (Fsp3) is 0.625. The molecule has 0 saturated carbocycles. The van der Waals surface area contributed by atoms with Gasteiger partial charge in [0.2, 0.25) is 0 Å². The second-order valence-electron chi connectivity index (χ2n) is 5.70. The minimum atomic E-state index is 0.505. The summed E-state index contributed by atoms with van der Waals surface area (Å²) in [5.41, 5.74) is 2.67. The van der Waals surface area contributed by atoms with E-state index in [0.717, 1.165) is 44.7 Å². The Kier molecular flexibility index (Phi) is 5.87. The van der Waals surface area contributed by atoms with E-state index < -0.39 is 0 Å². The average molecular weight is 341 g/mol. The first kappa shape index (κ1) is 15.8. The Balaban J connectivity index is 2.10. The number of hydrogen-bond acceptors (Lipinski definition) is 3. The maximum atomic E-state index is 5.83. The van der Waals surface area contributed by atoms with Crippen LogP contribution in [0.4, 0.5) is 0 Å². The lowest BCUT2D eigenvalue weighted by Gasteiger charge is -2.21. The summed E-state index contributed by atoms with van der Waals surface area (Å²) >= 11 is 3.62. The summed E-state index contributed by atoms with van der Waals surface area (Å²) in [4.78, 5) is 2.24. The van der Waals surface area contributed by atoms with Crippen LogP contribution in [-0.4, -0.2) is 44.7 Å². The average Bonchev–Trinajstić information content (AvgIpc) is 2.84. The van der Waals surface area contributed by atoms with Crippen LogP contribution >= 0.6 is 15.9 Å². The number of rotatable bonds is 7. The van der Waals surface area contributed by atoms with Crippen LogP contribution in [0.5, 0.6) is 5.75 Å². The normalized spacial score (nSPS) is 15.2. The van der Waals surface area contributed by atoms with Crippen LogP contribution in [0.1, 0.15) is 24.5 Å². The molecule has 1 aromatic rings. The van der Waals surface area contributed by atoms with Crippen LogP contribution < -0.4 is 10.1 Å². The van der Waals surface area contributed by atoms with Gasteiger partial charge >= 0.3 is 0 Å². The van der Waals surface area contributed by atoms with Gasteiger partial charge in [-0.3, -0.25) is 0 Å². The van der Waals surface area contributed by atoms with Gasteiger partial charge in [-0.2, -0.15) is 0 Å². The summed E-state index contributed by atoms with van der Waals surface area (Å²) in [5.74, 6) is 1.13. The van der Waals surface area contributed by atoms with Gasteiger partial charge in [-0.05, 0) is 63.3 Å². The van der Waals surface area contributed by atoms with Gasteiger partial charge in [-0.25, -0.2) is 0 Å². The van der Waals surface area contributed by atoms with Crippen LogP contribution in [-0.2, 0) is 12.8 Å². The molecule has 1 aliphatic heterocycles. The number of likely N-dealkylation sites (N-methyl/N-ethyl adjacent to an activating group) is 1. The third kappa shape index (κ3) is 4.21. The molecule has 1 unspecified atom stereocenters. The lowest BCUT2D eigenvalue weighted by Crippen LogP contribution is -2.34. The van der Waals surface area contributed by atoms with Crippen molar-refractivity contribution in [2.24, 2.45) is 0 Å². The summed E-state index contributed by atoms with van der Waals surface area (Å²) < 4.78 is 7.00. The number of hydrogen-bond donors (Lipinski definition) is 1. The fourth-order valence-corrected chi connectivity index (χ4v) is 3.29. The molecule has 0 aromatic heterocycles. The highest BCUT2D eigenvalue weighted by molar-refractivity contribution is 9.10. The van der Waals surface area contributed by atoms with E-state index in [9.17, 15) is 0 Å². The molecule has 0 spiro atoms. The van der Waals surface area contributed by atoms with E-state index in [4.69, 9.17) is 4.74 Å². The Morgan fingerprint density at radius 3 is 2.90 bits per heavy atom. The van der Waals surface area contributed by atoms with Gasteiger partial charge < -0.3 is 15.0 Å². The van der Waals surface area contributed by atoms with Crippen molar-refractivity contribution in [3.63, 3.8) is 0 Å². The predicted molar refractivity (Wildman–Crippen MR) is 87.7 cm³/mol. The molecule has 1 aliphatic rings. The van der Waals surface area contributed by atoms with Crippen molar-refractivity contribution in [3.8, 4) is 5.75 Å². The summed E-state index contributed by atoms with van der Waals surface area (Å²) in [7, 11) is 4.26. The van der Waals surface area contributed by atoms with Gasteiger partial charge in [0.1, 0.15) is 5.75 Å². The minimum Gasteiger partial charge on any atom is -0.493 e. The maximum absolute atomic E-state index is 5.83. The van der Waals surface area contributed by atoms with E-state index in [1.807, 2.05) is 0 Å². The molecule has 0 saturated heterocycles. The van der Waals surface area contributed by atoms with Gasteiger partial charge in [0, 0.05) is 16.9 Å². The van der Waals surface area contributed by atoms with E-state index in [-0.39, 0.29) is 0 Å². The standard InChI is InChI=1S/C16H25BrN2O/c1-4-18-15(5-7-19(2)3)11-13-10-14(17)9-12-6-8-20-16(12)13/h9-10,15,18H,4-8,11H2,1-3H3. The molecule has 0 bridgehead atoms. The summed E-state index contributed by atoms with van der Waals surface area (Å²) in [6.45, 7) is 5.11. The molecule has 0 amide bonds. The molecule has 0 radical (unpaired) electrons. The molecule has 4 heteroatoms. The molecule has 1 heterocycles. The minimum absolute atomic E-state index is 0.505. The number of nitrogens with one attached hydrogen (secondary N) is 1. The third-order valence-electron chi connectivity index (χ3n) is 3.71. The Hall–Kier alpha value is -0.580. The first-order valence-electron chi connectivity index (χ1n) is 7.42. The van der Waals surface area contributed by atoms with Crippen molar-refractivity contribution in [2.45, 2.75) is 32.2 Å². The van der Waals surface area contributed by atoms with E-state index in [0.29, 0.717) is 6.04 Å². The highest BCUT2D eigenvalue weighted by Crippen LogP contribution is 2.33. The molecule has 1 atom stereocenters. The van der Waals surface area contributed by atoms with E-state index in [2.05, 4.69) is 59.3 Å². The monoisotopic (exact) mass is 340 g/mol. The van der Waals surface area contributed by atoms with Gasteiger partial charge in [0.05, 0.1) is 6.61 Å². The molecule has 20 heavy (non-hydrogen) atoms. The SMILES string of the molecule is CCNC(CCN(C)C)Cc1cc(Br)cc2c1OCC2. The van der Waals surface area contributed by atoms with E-state index in [1.54, 1.807) is 0 Å². The summed E-state index contributed by atoms with van der Waals surface area (Å²) in [6, 6.07) is 4.91. The van der Waals surface area contributed by atoms with Crippen LogP contribution in [0.15, 0.2) is 16.6 Å². The molecule has 3 nitrogen and oxygen atoms in total. The summed E-state index contributed by atoms with van der Waals surface area (Å²) in [6.07, 6.45) is 3.22. The molecule has 1 aromatic carbocycles. The highest BCUT2D eigenvalue weighted by atomic mass is 79.9. The van der Waals surface area contributed by atoms with Gasteiger partial charge in [-0.1, -0.05) is 22.9 Å². The fourth-order valence-electron chi connectivity index (χ4n) is 2.74. The Bertz CT molecular complexity index is 448. The highest BCUT2D eigenvalue weighted by Gasteiger charge is 2.20. The van der Waals surface area contributed by atoms with Crippen molar-refractivity contribution in [1.29, 1.82) is 0 Å². The molecular weight excluding hydrogens is 316 g/mol. The second kappa shape index (κ2) is 7.43. The largest absolute Gasteiger partial charge is 0.493 e. The van der Waals surface area contributed by atoms with Crippen LogP contribution in [0, 0.1) is 0 Å². The molecule has 2 rings (SSSR count). The van der Waals surface area contributed by atoms with Crippen molar-refractivity contribution in [1.82, 2.24) is 10.2 Å². The number of fused-ring (bicyclic) bond motifs is 1. The van der Waals surface area contributed by atoms with Crippen molar-refractivity contribution < 1.29 is 4.74 Å². The number of nitrogens with zero attached hydrogens (tertiary/aromatic N) is 1.